The smallest absolute Gasteiger partial charge is 0.274 e. The lowest BCUT2D eigenvalue weighted by Crippen LogP contribution is -2.36. The molecule has 2 aromatic carbocycles. The molecule has 9 heteroatoms. The van der Waals surface area contributed by atoms with E-state index in [0.29, 0.717) is 43.1 Å². The van der Waals surface area contributed by atoms with E-state index in [4.69, 9.17) is 9.47 Å². The van der Waals surface area contributed by atoms with E-state index in [1.807, 2.05) is 43.3 Å². The van der Waals surface area contributed by atoms with Gasteiger partial charge in [-0.3, -0.25) is 9.48 Å². The van der Waals surface area contributed by atoms with Crippen molar-refractivity contribution in [1.82, 2.24) is 14.7 Å². The van der Waals surface area contributed by atoms with E-state index >= 15 is 0 Å². The Kier molecular flexibility index (Phi) is 6.04. The molecule has 35 heavy (non-hydrogen) atoms. The average molecular weight is 496 g/mol. The second-order valence-electron chi connectivity index (χ2n) is 9.23. The predicted molar refractivity (Wildman–Crippen MR) is 133 cm³/mol. The molecule has 0 unspecified atom stereocenters. The molecule has 2 aliphatic heterocycles. The average Bonchev–Trinajstić information content (AvgIpc) is 3.46. The Morgan fingerprint density at radius 1 is 1.03 bits per heavy atom. The molecule has 0 N–H and O–H groups in total. The van der Waals surface area contributed by atoms with Gasteiger partial charge in [0.15, 0.2) is 27.0 Å². The quantitative estimate of drug-likeness (QED) is 0.539. The van der Waals surface area contributed by atoms with Gasteiger partial charge in [0.05, 0.1) is 37.5 Å². The van der Waals surface area contributed by atoms with Crippen LogP contribution < -0.4 is 9.47 Å². The van der Waals surface area contributed by atoms with Gasteiger partial charge in [-0.25, -0.2) is 8.42 Å². The molecule has 1 amide bonds. The van der Waals surface area contributed by atoms with Gasteiger partial charge in [-0.15, -0.1) is 0 Å². The summed E-state index contributed by atoms with van der Waals surface area (Å²) in [6.07, 6.45) is 1.20. The number of ether oxygens (including phenoxy) is 2. The van der Waals surface area contributed by atoms with Crippen molar-refractivity contribution in [2.45, 2.75) is 32.4 Å². The van der Waals surface area contributed by atoms with Crippen LogP contribution in [-0.4, -0.2) is 61.3 Å². The fourth-order valence-corrected chi connectivity index (χ4v) is 6.60. The second-order valence-corrected chi connectivity index (χ2v) is 11.5. The first kappa shape index (κ1) is 23.4. The third kappa shape index (κ3) is 4.52. The fourth-order valence-electron chi connectivity index (χ4n) is 4.90. The fraction of sp³-hybridized carbons (Fsp3) is 0.385. The Morgan fingerprint density at radius 2 is 1.71 bits per heavy atom. The van der Waals surface area contributed by atoms with Gasteiger partial charge in [-0.05, 0) is 54.7 Å². The van der Waals surface area contributed by atoms with Crippen molar-refractivity contribution in [2.24, 2.45) is 0 Å². The van der Waals surface area contributed by atoms with Crippen LogP contribution >= 0.6 is 0 Å². The first-order valence-electron chi connectivity index (χ1n) is 11.7. The Bertz CT molecular complexity index is 1380. The van der Waals surface area contributed by atoms with Gasteiger partial charge in [-0.2, -0.15) is 5.10 Å². The number of rotatable bonds is 5. The van der Waals surface area contributed by atoms with Crippen LogP contribution in [0.5, 0.6) is 11.5 Å². The van der Waals surface area contributed by atoms with Crippen molar-refractivity contribution in [2.75, 3.05) is 32.3 Å². The van der Waals surface area contributed by atoms with Crippen LogP contribution in [0, 0.1) is 6.92 Å². The van der Waals surface area contributed by atoms with Gasteiger partial charge < -0.3 is 14.4 Å². The summed E-state index contributed by atoms with van der Waals surface area (Å²) in [6.45, 7) is 3.02. The molecule has 0 radical (unpaired) electrons. The molecule has 1 aromatic heterocycles. The van der Waals surface area contributed by atoms with Crippen molar-refractivity contribution in [1.29, 1.82) is 0 Å². The third-order valence-corrected chi connectivity index (χ3v) is 8.61. The SMILES string of the molecule is COc1cc2c(cc1OC)CN(C(=O)c1cc(-c3ccc(C)cc3)n([C@@H]3CCS(=O)(=O)C3)n1)CC2. The van der Waals surface area contributed by atoms with Crippen LogP contribution in [0.15, 0.2) is 42.5 Å². The lowest BCUT2D eigenvalue weighted by Gasteiger charge is -2.29. The monoisotopic (exact) mass is 495 g/mol. The summed E-state index contributed by atoms with van der Waals surface area (Å²) in [5, 5.41) is 4.67. The van der Waals surface area contributed by atoms with E-state index in [1.54, 1.807) is 29.9 Å². The van der Waals surface area contributed by atoms with Crippen LogP contribution in [-0.2, 0) is 22.8 Å². The topological polar surface area (TPSA) is 90.7 Å². The number of aryl methyl sites for hydroxylation is 1. The van der Waals surface area contributed by atoms with Gasteiger partial charge >= 0.3 is 0 Å². The first-order chi connectivity index (χ1) is 16.8. The molecule has 0 spiro atoms. The van der Waals surface area contributed by atoms with E-state index in [2.05, 4.69) is 5.10 Å². The molecule has 184 valence electrons. The normalized spacial score (nSPS) is 18.8. The molecule has 3 aromatic rings. The van der Waals surface area contributed by atoms with Gasteiger partial charge in [0.2, 0.25) is 0 Å². The maximum absolute atomic E-state index is 13.6. The molecule has 2 aliphatic rings. The summed E-state index contributed by atoms with van der Waals surface area (Å²) >= 11 is 0. The second kappa shape index (κ2) is 9.03. The summed E-state index contributed by atoms with van der Waals surface area (Å²) < 4.78 is 36.9. The minimum atomic E-state index is -3.10. The summed E-state index contributed by atoms with van der Waals surface area (Å²) in [4.78, 5) is 15.3. The number of fused-ring (bicyclic) bond motifs is 1. The Morgan fingerprint density at radius 3 is 2.34 bits per heavy atom. The highest BCUT2D eigenvalue weighted by Crippen LogP contribution is 2.34. The van der Waals surface area contributed by atoms with Crippen molar-refractivity contribution >= 4 is 15.7 Å². The van der Waals surface area contributed by atoms with Crippen LogP contribution in [0.25, 0.3) is 11.3 Å². The molecule has 0 saturated carbocycles. The highest BCUT2D eigenvalue weighted by atomic mass is 32.2. The van der Waals surface area contributed by atoms with Crippen LogP contribution in [0.4, 0.5) is 0 Å². The molecule has 5 rings (SSSR count). The molecule has 1 saturated heterocycles. The summed E-state index contributed by atoms with van der Waals surface area (Å²) in [5.41, 5.74) is 5.27. The number of amides is 1. The van der Waals surface area contributed by atoms with E-state index in [9.17, 15) is 13.2 Å². The molecular formula is C26H29N3O5S. The lowest BCUT2D eigenvalue weighted by molar-refractivity contribution is 0.0727. The number of hydrogen-bond acceptors (Lipinski definition) is 6. The van der Waals surface area contributed by atoms with Crippen molar-refractivity contribution in [3.63, 3.8) is 0 Å². The maximum Gasteiger partial charge on any atom is 0.274 e. The van der Waals surface area contributed by atoms with Crippen LogP contribution in [0.2, 0.25) is 0 Å². The maximum atomic E-state index is 13.6. The molecular weight excluding hydrogens is 466 g/mol. The Hall–Kier alpha value is -3.33. The number of carbonyl (C=O) groups excluding carboxylic acids is 1. The van der Waals surface area contributed by atoms with Crippen molar-refractivity contribution < 1.29 is 22.7 Å². The minimum Gasteiger partial charge on any atom is -0.493 e. The number of carbonyl (C=O) groups is 1. The minimum absolute atomic E-state index is 0.0416. The number of methoxy groups -OCH3 is 2. The number of hydrogen-bond donors (Lipinski definition) is 0. The summed E-state index contributed by atoms with van der Waals surface area (Å²) in [6, 6.07) is 13.4. The van der Waals surface area contributed by atoms with E-state index in [0.717, 1.165) is 27.9 Å². The Balaban J connectivity index is 1.47. The van der Waals surface area contributed by atoms with Crippen LogP contribution in [0.1, 0.15) is 39.6 Å². The first-order valence-corrected chi connectivity index (χ1v) is 13.5. The number of aromatic nitrogens is 2. The molecule has 1 fully saturated rings. The Labute approximate surface area is 205 Å². The highest BCUT2D eigenvalue weighted by Gasteiger charge is 2.33. The standard InChI is InChI=1S/C26H29N3O5S/c1-17-4-6-18(7-5-17)23-14-22(27-29(23)21-9-11-35(31,32)16-21)26(30)28-10-8-19-12-24(33-2)25(34-3)13-20(19)15-28/h4-7,12-14,21H,8-11,15-16H2,1-3H3/t21-/m1/s1. The molecule has 0 bridgehead atoms. The third-order valence-electron chi connectivity index (χ3n) is 6.86. The van der Waals surface area contributed by atoms with Crippen molar-refractivity contribution in [3.8, 4) is 22.8 Å². The predicted octanol–water partition coefficient (Wildman–Crippen LogP) is 3.43. The zero-order chi connectivity index (χ0) is 24.7. The highest BCUT2D eigenvalue weighted by molar-refractivity contribution is 7.91. The van der Waals surface area contributed by atoms with Gasteiger partial charge in [0.1, 0.15) is 0 Å². The largest absolute Gasteiger partial charge is 0.493 e. The number of nitrogens with zero attached hydrogens (tertiary/aromatic N) is 3. The number of sulfone groups is 1. The molecule has 0 aliphatic carbocycles. The number of benzene rings is 2. The molecule has 1 atom stereocenters. The molecule has 3 heterocycles. The zero-order valence-electron chi connectivity index (χ0n) is 20.2. The van der Waals surface area contributed by atoms with Gasteiger partial charge in [0, 0.05) is 13.1 Å². The van der Waals surface area contributed by atoms with E-state index in [-0.39, 0.29) is 23.5 Å². The zero-order valence-corrected chi connectivity index (χ0v) is 21.0. The van der Waals surface area contributed by atoms with E-state index in [1.165, 1.54) is 0 Å². The van der Waals surface area contributed by atoms with Gasteiger partial charge in [-0.1, -0.05) is 29.8 Å². The summed E-state index contributed by atoms with van der Waals surface area (Å²) in [5.74, 6) is 1.33. The van der Waals surface area contributed by atoms with Crippen molar-refractivity contribution in [3.05, 3.63) is 64.8 Å². The van der Waals surface area contributed by atoms with E-state index < -0.39 is 9.84 Å². The summed E-state index contributed by atoms with van der Waals surface area (Å²) in [7, 11) is 0.102. The van der Waals surface area contributed by atoms with Crippen LogP contribution in [0.3, 0.4) is 0 Å². The molecule has 8 nitrogen and oxygen atoms in total. The lowest BCUT2D eigenvalue weighted by atomic mass is 9.98. The van der Waals surface area contributed by atoms with Gasteiger partial charge in [0.25, 0.3) is 5.91 Å².